The van der Waals surface area contributed by atoms with Gasteiger partial charge >= 0.3 is 0 Å². The zero-order valence-electron chi connectivity index (χ0n) is 22.6. The Bertz CT molecular complexity index is 1640. The van der Waals surface area contributed by atoms with E-state index in [1.165, 1.54) is 21.8 Å². The molecule has 0 radical (unpaired) electrons. The summed E-state index contributed by atoms with van der Waals surface area (Å²) >= 11 is 11.5. The molecule has 0 spiro atoms. The second-order valence-electron chi connectivity index (χ2n) is 9.54. The summed E-state index contributed by atoms with van der Waals surface area (Å²) < 4.78 is 13.4. The highest BCUT2D eigenvalue weighted by Crippen LogP contribution is 2.34. The third-order valence-corrected chi connectivity index (χ3v) is 7.09. The summed E-state index contributed by atoms with van der Waals surface area (Å²) in [6.07, 6.45) is -7.40. The lowest BCUT2D eigenvalue weighted by atomic mass is 10.1. The van der Waals surface area contributed by atoms with Gasteiger partial charge in [0.15, 0.2) is 35.4 Å². The van der Waals surface area contributed by atoms with Gasteiger partial charge in [0.25, 0.3) is 10.2 Å². The lowest BCUT2D eigenvalue weighted by Crippen LogP contribution is -2.34. The van der Waals surface area contributed by atoms with Crippen LogP contribution in [0.15, 0.2) is 12.7 Å². The minimum Gasteiger partial charge on any atom is -0.387 e. The number of hydrogen-bond acceptors (Lipinski definition) is 20. The van der Waals surface area contributed by atoms with Gasteiger partial charge < -0.3 is 51.0 Å². The van der Waals surface area contributed by atoms with E-state index >= 15 is 0 Å². The molecular formula is C20H22Cl2N12O12. The average molecular weight is 693 g/mol. The van der Waals surface area contributed by atoms with Crippen LogP contribution in [-0.4, -0.2) is 119 Å². The van der Waals surface area contributed by atoms with Gasteiger partial charge in [-0.15, -0.1) is 20.2 Å². The van der Waals surface area contributed by atoms with Gasteiger partial charge in [-0.25, -0.2) is 9.97 Å². The number of aliphatic hydroxyl groups is 4. The highest BCUT2D eigenvalue weighted by molar-refractivity contribution is 6.29. The Kier molecular flexibility index (Phi) is 9.31. The molecule has 2 saturated heterocycles. The van der Waals surface area contributed by atoms with Crippen molar-refractivity contribution in [1.29, 1.82) is 0 Å². The second-order valence-corrected chi connectivity index (χ2v) is 10.2. The summed E-state index contributed by atoms with van der Waals surface area (Å²) in [4.78, 5) is 52.2. The summed E-state index contributed by atoms with van der Waals surface area (Å²) in [5.41, 5.74) is 12.2. The molecule has 46 heavy (non-hydrogen) atoms. The van der Waals surface area contributed by atoms with Gasteiger partial charge in [0.05, 0.1) is 12.7 Å². The fraction of sp³-hybridized carbons (Fsp3) is 0.500. The molecule has 2 aliphatic rings. The van der Waals surface area contributed by atoms with E-state index in [4.69, 9.17) is 44.1 Å². The summed E-state index contributed by atoms with van der Waals surface area (Å²) in [6, 6.07) is 0. The molecule has 0 saturated carbocycles. The molecule has 248 valence electrons. The zero-order chi connectivity index (χ0) is 33.4. The second kappa shape index (κ2) is 13.0. The summed E-state index contributed by atoms with van der Waals surface area (Å²) in [7, 11) is 0. The Morgan fingerprint density at radius 3 is 1.46 bits per heavy atom. The van der Waals surface area contributed by atoms with E-state index < -0.39 is 72.5 Å². The summed E-state index contributed by atoms with van der Waals surface area (Å²) in [6.45, 7) is -1.07. The number of nitrogens with zero attached hydrogens (tertiary/aromatic N) is 10. The molecule has 24 nitrogen and oxygen atoms in total. The maximum Gasteiger partial charge on any atom is 0.294 e. The van der Waals surface area contributed by atoms with Crippen molar-refractivity contribution in [2.45, 2.75) is 49.1 Å². The molecule has 2 fully saturated rings. The minimum absolute atomic E-state index is 0.0417. The van der Waals surface area contributed by atoms with Crippen LogP contribution in [0, 0.1) is 20.2 Å². The number of fused-ring (bicyclic) bond motifs is 2. The Hall–Kier alpha value is -4.56. The Labute approximate surface area is 263 Å². The molecule has 0 amide bonds. The minimum atomic E-state index is -1.40. The number of hydrogen-bond donors (Lipinski definition) is 6. The van der Waals surface area contributed by atoms with Gasteiger partial charge in [0.1, 0.15) is 60.9 Å². The Morgan fingerprint density at radius 1 is 0.739 bits per heavy atom. The molecule has 8 atom stereocenters. The van der Waals surface area contributed by atoms with Crippen LogP contribution >= 0.6 is 23.2 Å². The largest absolute Gasteiger partial charge is 0.387 e. The Morgan fingerprint density at radius 2 is 1.11 bits per heavy atom. The first-order valence-electron chi connectivity index (χ1n) is 12.7. The lowest BCUT2D eigenvalue weighted by Gasteiger charge is -2.16. The highest BCUT2D eigenvalue weighted by Gasteiger charge is 2.46. The first-order valence-corrected chi connectivity index (χ1v) is 13.4. The Balaban J connectivity index is 0.000000181. The molecule has 0 bridgehead atoms. The number of imidazole rings is 2. The standard InChI is InChI=1S/2C10H11ClN6O6/c2*11-10-14-7(12)4-8(15-10)16(2-13-4)9-6(19)5(18)3(23-9)1-22-17(20)21/h2*2-3,5-6,9,18-19H,1H2,(H2,12,14,15)/t2*3-,5-,6-,9-/m11/s1. The third kappa shape index (κ3) is 6.40. The van der Waals surface area contributed by atoms with Crippen molar-refractivity contribution in [2.75, 3.05) is 24.7 Å². The van der Waals surface area contributed by atoms with Gasteiger partial charge in [0, 0.05) is 0 Å². The molecule has 4 aromatic rings. The van der Waals surface area contributed by atoms with Crippen LogP contribution in [0.5, 0.6) is 0 Å². The summed E-state index contributed by atoms with van der Waals surface area (Å²) in [5.74, 6) is 0.0834. The van der Waals surface area contributed by atoms with Crippen molar-refractivity contribution in [1.82, 2.24) is 39.0 Å². The van der Waals surface area contributed by atoms with Crippen LogP contribution in [0.4, 0.5) is 11.6 Å². The number of halogens is 2. The molecule has 0 aromatic carbocycles. The smallest absolute Gasteiger partial charge is 0.294 e. The molecule has 6 rings (SSSR count). The molecular weight excluding hydrogens is 671 g/mol. The normalized spacial score (nSPS) is 27.4. The SMILES string of the molecule is Nc1nc(Cl)nc2c1ncn2[C@@H]1O[C@H](CO[N+](=O)[O-])[C@@H](O)[C@H]1O.Nc1nc(Cl)nc2c1ncn2[C@@H]1O[C@H](CO[N+](=O)[O-])[C@@H](O)[C@H]1O. The van der Waals surface area contributed by atoms with Crippen molar-refractivity contribution in [3.05, 3.63) is 43.5 Å². The molecule has 0 aliphatic carbocycles. The molecule has 4 aromatic heterocycles. The van der Waals surface area contributed by atoms with E-state index in [1.54, 1.807) is 0 Å². The predicted molar refractivity (Wildman–Crippen MR) is 147 cm³/mol. The van der Waals surface area contributed by atoms with Crippen molar-refractivity contribution in [2.24, 2.45) is 0 Å². The zero-order valence-corrected chi connectivity index (χ0v) is 24.1. The van der Waals surface area contributed by atoms with Gasteiger partial charge in [-0.3, -0.25) is 9.13 Å². The quantitative estimate of drug-likeness (QED) is 0.0646. The number of nitrogens with two attached hydrogens (primary N) is 2. The van der Waals surface area contributed by atoms with Crippen molar-refractivity contribution >= 4 is 57.2 Å². The van der Waals surface area contributed by atoms with Gasteiger partial charge in [-0.2, -0.15) is 19.9 Å². The van der Waals surface area contributed by atoms with E-state index in [-0.39, 0.29) is 44.5 Å². The number of aromatic nitrogens is 8. The van der Waals surface area contributed by atoms with Crippen molar-refractivity contribution in [3.8, 4) is 0 Å². The molecule has 6 heterocycles. The molecule has 0 unspecified atom stereocenters. The van der Waals surface area contributed by atoms with E-state index in [1.807, 2.05) is 0 Å². The molecule has 2 aliphatic heterocycles. The fourth-order valence-electron chi connectivity index (χ4n) is 4.66. The van der Waals surface area contributed by atoms with Crippen LogP contribution in [0.2, 0.25) is 10.6 Å². The molecule has 26 heteroatoms. The van der Waals surface area contributed by atoms with Crippen LogP contribution in [0.1, 0.15) is 12.5 Å². The number of nitrogen functional groups attached to an aromatic ring is 2. The first-order chi connectivity index (χ1) is 21.8. The van der Waals surface area contributed by atoms with Crippen LogP contribution in [0.3, 0.4) is 0 Å². The number of aliphatic hydroxyl groups excluding tert-OH is 4. The van der Waals surface area contributed by atoms with Crippen molar-refractivity contribution < 1.29 is 49.7 Å². The third-order valence-electron chi connectivity index (χ3n) is 6.75. The lowest BCUT2D eigenvalue weighted by molar-refractivity contribution is -0.759. The van der Waals surface area contributed by atoms with E-state index in [2.05, 4.69) is 39.6 Å². The number of rotatable bonds is 8. The average Bonchev–Trinajstić information content (AvgIpc) is 3.73. The van der Waals surface area contributed by atoms with Crippen LogP contribution in [0.25, 0.3) is 22.3 Å². The van der Waals surface area contributed by atoms with Crippen LogP contribution < -0.4 is 11.5 Å². The first kappa shape index (κ1) is 32.8. The van der Waals surface area contributed by atoms with Gasteiger partial charge in [-0.1, -0.05) is 0 Å². The topological polar surface area (TPSA) is 343 Å². The molecule has 8 N–H and O–H groups in total. The fourth-order valence-corrected chi connectivity index (χ4v) is 5.00. The number of anilines is 2. The van der Waals surface area contributed by atoms with Gasteiger partial charge in [0.2, 0.25) is 10.6 Å². The van der Waals surface area contributed by atoms with Gasteiger partial charge in [-0.05, 0) is 23.2 Å². The van der Waals surface area contributed by atoms with Crippen molar-refractivity contribution in [3.63, 3.8) is 0 Å². The number of ether oxygens (including phenoxy) is 2. The maximum absolute atomic E-state index is 10.2. The monoisotopic (exact) mass is 692 g/mol. The highest BCUT2D eigenvalue weighted by atomic mass is 35.5. The van der Waals surface area contributed by atoms with Crippen LogP contribution in [-0.2, 0) is 19.1 Å². The van der Waals surface area contributed by atoms with E-state index in [0.717, 1.165) is 0 Å². The predicted octanol–water partition coefficient (Wildman–Crippen LogP) is -2.22. The van der Waals surface area contributed by atoms with E-state index in [9.17, 15) is 40.7 Å². The van der Waals surface area contributed by atoms with E-state index in [0.29, 0.717) is 0 Å². The summed E-state index contributed by atoms with van der Waals surface area (Å²) in [5, 5.41) is 58.2. The maximum atomic E-state index is 10.2.